The molecule has 1 rings (SSSR count). The van der Waals surface area contributed by atoms with E-state index in [1.54, 1.807) is 0 Å². The Kier molecular flexibility index (Phi) is 30.1. The van der Waals surface area contributed by atoms with Crippen molar-refractivity contribution in [1.29, 1.82) is 0 Å². The summed E-state index contributed by atoms with van der Waals surface area (Å²) in [6, 6.07) is 11.2. The summed E-state index contributed by atoms with van der Waals surface area (Å²) in [6.45, 7) is 13.4. The molecule has 0 radical (unpaired) electrons. The molecule has 0 saturated heterocycles. The quantitative estimate of drug-likeness (QED) is 0.0701. The molecule has 1 heteroatoms. The van der Waals surface area contributed by atoms with E-state index in [0.29, 0.717) is 0 Å². The number of nitrogens with zero attached hydrogens (tertiary/aromatic N) is 1. The molecular weight excluding hydrogens is 530 g/mol. The summed E-state index contributed by atoms with van der Waals surface area (Å²) in [5, 5.41) is 0. The monoisotopic (exact) mass is 612 g/mol. The third kappa shape index (κ3) is 26.4. The molecule has 0 aromatic heterocycles. The van der Waals surface area contributed by atoms with Crippen molar-refractivity contribution < 1.29 is 0 Å². The van der Waals surface area contributed by atoms with Gasteiger partial charge in [-0.25, -0.2) is 0 Å². The van der Waals surface area contributed by atoms with Gasteiger partial charge in [0.15, 0.2) is 0 Å². The Bertz CT molecular complexity index is 669. The smallest absolute Gasteiger partial charge is 0.00220 e. The topological polar surface area (TPSA) is 3.24 Å². The van der Waals surface area contributed by atoms with Gasteiger partial charge in [0.2, 0.25) is 0 Å². The van der Waals surface area contributed by atoms with Crippen molar-refractivity contribution in [3.05, 3.63) is 35.9 Å². The van der Waals surface area contributed by atoms with E-state index in [1.807, 2.05) is 0 Å². The third-order valence-corrected chi connectivity index (χ3v) is 10.2. The van der Waals surface area contributed by atoms with Crippen LogP contribution in [0.2, 0.25) is 0 Å². The normalized spacial score (nSPS) is 13.1. The molecule has 2 atom stereocenters. The van der Waals surface area contributed by atoms with Gasteiger partial charge in [-0.05, 0) is 36.7 Å². The van der Waals surface area contributed by atoms with E-state index in [4.69, 9.17) is 0 Å². The second kappa shape index (κ2) is 32.1. The lowest BCUT2D eigenvalue weighted by Crippen LogP contribution is -2.35. The molecule has 1 aromatic carbocycles. The van der Waals surface area contributed by atoms with Crippen LogP contribution >= 0.6 is 0 Å². The van der Waals surface area contributed by atoms with Crippen LogP contribution in [0.1, 0.15) is 207 Å². The van der Waals surface area contributed by atoms with Gasteiger partial charge in [-0.1, -0.05) is 219 Å². The Hall–Kier alpha value is -0.820. The van der Waals surface area contributed by atoms with E-state index in [2.05, 4.69) is 62.9 Å². The van der Waals surface area contributed by atoms with Gasteiger partial charge in [-0.2, -0.15) is 0 Å². The molecule has 0 saturated carbocycles. The molecular formula is C43H81N. The number of rotatable bonds is 34. The average molecular weight is 612 g/mol. The molecule has 0 aliphatic rings. The summed E-state index contributed by atoms with van der Waals surface area (Å²) < 4.78 is 0. The fraction of sp³-hybridized carbons (Fsp3) is 0.860. The minimum atomic E-state index is 0.818. The van der Waals surface area contributed by atoms with Gasteiger partial charge in [0, 0.05) is 19.6 Å². The van der Waals surface area contributed by atoms with Crippen molar-refractivity contribution in [1.82, 2.24) is 4.90 Å². The molecule has 0 spiro atoms. The zero-order valence-corrected chi connectivity index (χ0v) is 30.9. The Morgan fingerprint density at radius 3 is 1.32 bits per heavy atom. The molecule has 1 nitrogen and oxygen atoms in total. The first-order valence-corrected chi connectivity index (χ1v) is 20.5. The van der Waals surface area contributed by atoms with Crippen LogP contribution in [0.25, 0.3) is 0 Å². The minimum absolute atomic E-state index is 0.818. The molecule has 0 aliphatic carbocycles. The molecule has 1 aromatic rings. The van der Waals surface area contributed by atoms with E-state index >= 15 is 0 Å². The Labute approximate surface area is 279 Å². The summed E-state index contributed by atoms with van der Waals surface area (Å²) in [7, 11) is 0. The molecule has 258 valence electrons. The van der Waals surface area contributed by atoms with Crippen molar-refractivity contribution in [2.45, 2.75) is 207 Å². The fourth-order valence-electron chi connectivity index (χ4n) is 7.12. The van der Waals surface area contributed by atoms with Gasteiger partial charge in [0.05, 0.1) is 0 Å². The van der Waals surface area contributed by atoms with Crippen molar-refractivity contribution >= 4 is 0 Å². The van der Waals surface area contributed by atoms with E-state index in [-0.39, 0.29) is 0 Å². The summed E-state index contributed by atoms with van der Waals surface area (Å²) in [4.78, 5) is 2.85. The number of unbranched alkanes of at least 4 members (excludes halogenated alkanes) is 22. The van der Waals surface area contributed by atoms with Gasteiger partial charge < -0.3 is 4.90 Å². The zero-order valence-electron chi connectivity index (χ0n) is 30.9. The summed E-state index contributed by atoms with van der Waals surface area (Å²) >= 11 is 0. The predicted octanol–water partition coefficient (Wildman–Crippen LogP) is 14.4. The lowest BCUT2D eigenvalue weighted by molar-refractivity contribution is 0.190. The van der Waals surface area contributed by atoms with Crippen LogP contribution in [0.3, 0.4) is 0 Å². The average Bonchev–Trinajstić information content (AvgIpc) is 3.04. The van der Waals surface area contributed by atoms with Crippen molar-refractivity contribution in [2.24, 2.45) is 11.8 Å². The van der Waals surface area contributed by atoms with Gasteiger partial charge in [-0.15, -0.1) is 0 Å². The first kappa shape index (κ1) is 41.2. The fourth-order valence-corrected chi connectivity index (χ4v) is 7.12. The van der Waals surface area contributed by atoms with E-state index in [1.165, 1.54) is 205 Å². The van der Waals surface area contributed by atoms with Crippen molar-refractivity contribution in [3.63, 3.8) is 0 Å². The van der Waals surface area contributed by atoms with Crippen LogP contribution in [0.15, 0.2) is 30.3 Å². The largest absolute Gasteiger partial charge is 0.302 e. The lowest BCUT2D eigenvalue weighted by Gasteiger charge is -2.30. The molecule has 0 bridgehead atoms. The van der Waals surface area contributed by atoms with Crippen LogP contribution in [0.5, 0.6) is 0 Å². The highest BCUT2D eigenvalue weighted by atomic mass is 15.1. The van der Waals surface area contributed by atoms with Crippen molar-refractivity contribution in [2.75, 3.05) is 19.6 Å². The first-order chi connectivity index (χ1) is 21.7. The van der Waals surface area contributed by atoms with Gasteiger partial charge in [0.1, 0.15) is 0 Å². The number of hydrogen-bond acceptors (Lipinski definition) is 1. The lowest BCUT2D eigenvalue weighted by atomic mass is 9.95. The molecule has 0 aliphatic heterocycles. The summed E-state index contributed by atoms with van der Waals surface area (Å²) in [5.41, 5.74) is 1.50. The maximum absolute atomic E-state index is 2.85. The third-order valence-electron chi connectivity index (χ3n) is 10.2. The van der Waals surface area contributed by atoms with Crippen LogP contribution in [-0.2, 0) is 6.42 Å². The second-order valence-electron chi connectivity index (χ2n) is 14.7. The van der Waals surface area contributed by atoms with E-state index < -0.39 is 0 Å². The highest BCUT2D eigenvalue weighted by Crippen LogP contribution is 2.20. The molecule has 0 heterocycles. The highest BCUT2D eigenvalue weighted by molar-refractivity contribution is 5.14. The molecule has 0 N–H and O–H groups in total. The maximum atomic E-state index is 2.85. The molecule has 2 unspecified atom stereocenters. The van der Waals surface area contributed by atoms with Crippen LogP contribution < -0.4 is 0 Å². The van der Waals surface area contributed by atoms with Crippen LogP contribution in [-0.4, -0.2) is 24.5 Å². The summed E-state index contributed by atoms with van der Waals surface area (Å²) in [5.74, 6) is 1.69. The Morgan fingerprint density at radius 2 is 0.886 bits per heavy atom. The summed E-state index contributed by atoms with van der Waals surface area (Å²) in [6.07, 6.45) is 40.2. The Balaban J connectivity index is 2.25. The SMILES string of the molecule is CCCCCCCCCCCCCCC(C)CN(CCc1ccccc1)CC(CC)CCCCCCCCCCCCCC. The predicted molar refractivity (Wildman–Crippen MR) is 201 cm³/mol. The maximum Gasteiger partial charge on any atom is 0.00220 e. The van der Waals surface area contributed by atoms with Crippen LogP contribution in [0.4, 0.5) is 0 Å². The van der Waals surface area contributed by atoms with Gasteiger partial charge in [0.25, 0.3) is 0 Å². The molecule has 0 amide bonds. The number of benzene rings is 1. The minimum Gasteiger partial charge on any atom is -0.302 e. The Morgan fingerprint density at radius 1 is 0.477 bits per heavy atom. The van der Waals surface area contributed by atoms with Crippen LogP contribution in [0, 0.1) is 11.8 Å². The van der Waals surface area contributed by atoms with Gasteiger partial charge >= 0.3 is 0 Å². The van der Waals surface area contributed by atoms with Crippen molar-refractivity contribution in [3.8, 4) is 0 Å². The second-order valence-corrected chi connectivity index (χ2v) is 14.7. The van der Waals surface area contributed by atoms with E-state index in [0.717, 1.165) is 11.8 Å². The number of hydrogen-bond donors (Lipinski definition) is 0. The first-order valence-electron chi connectivity index (χ1n) is 20.5. The highest BCUT2D eigenvalue weighted by Gasteiger charge is 2.16. The standard InChI is InChI=1S/C43H81N/c1-5-8-10-12-14-16-18-20-22-24-26-29-33-41(4)39-44(38-37-43-35-31-28-32-36-43)40-42(7-3)34-30-27-25-23-21-19-17-15-13-11-9-6-2/h28,31-32,35-36,41-42H,5-27,29-30,33-34,37-40H2,1-4H3. The molecule has 0 fully saturated rings. The van der Waals surface area contributed by atoms with E-state index in [9.17, 15) is 0 Å². The zero-order chi connectivity index (χ0) is 31.8. The van der Waals surface area contributed by atoms with Gasteiger partial charge in [-0.3, -0.25) is 0 Å². The molecule has 44 heavy (non-hydrogen) atoms.